The van der Waals surface area contributed by atoms with Crippen molar-refractivity contribution in [2.24, 2.45) is 0 Å². The lowest BCUT2D eigenvalue weighted by Crippen LogP contribution is -2.30. The number of nitrogens with zero attached hydrogens (tertiary/aromatic N) is 2. The molecule has 1 atom stereocenters. The Labute approximate surface area is 196 Å². The third kappa shape index (κ3) is 3.53. The lowest BCUT2D eigenvalue weighted by Gasteiger charge is -2.26. The number of thiazole rings is 1. The molecule has 33 heavy (non-hydrogen) atoms. The van der Waals surface area contributed by atoms with Crippen LogP contribution in [0.3, 0.4) is 0 Å². The summed E-state index contributed by atoms with van der Waals surface area (Å²) < 4.78 is 3.20. The van der Waals surface area contributed by atoms with Crippen LogP contribution in [0.15, 0.2) is 66.9 Å². The number of benzene rings is 3. The summed E-state index contributed by atoms with van der Waals surface area (Å²) in [4.78, 5) is 18.9. The topological polar surface area (TPSA) is 46.4 Å². The van der Waals surface area contributed by atoms with Gasteiger partial charge in [-0.3, -0.25) is 9.20 Å². The minimum Gasteiger partial charge on any atom is -0.345 e. The monoisotopic (exact) mass is 451 g/mol. The van der Waals surface area contributed by atoms with Crippen LogP contribution in [0.2, 0.25) is 0 Å². The predicted octanol–water partition coefficient (Wildman–Crippen LogP) is 6.64. The molecule has 1 aliphatic rings. The SMILES string of the molecule is Cc1ccc(-c2cn3c(n2)sc2cc(C(=O)NC4CCCc5ccccc54)ccc23)c(C)c1. The first-order valence-electron chi connectivity index (χ1n) is 11.4. The Morgan fingerprint density at radius 1 is 1.09 bits per heavy atom. The van der Waals surface area contributed by atoms with Crippen molar-refractivity contribution in [1.29, 1.82) is 0 Å². The van der Waals surface area contributed by atoms with E-state index in [1.165, 1.54) is 22.3 Å². The number of hydrogen-bond acceptors (Lipinski definition) is 3. The molecule has 3 aromatic carbocycles. The minimum atomic E-state index is -0.0133. The molecule has 2 heterocycles. The molecular formula is C28H25N3OS. The van der Waals surface area contributed by atoms with Gasteiger partial charge in [0.1, 0.15) is 0 Å². The second kappa shape index (κ2) is 7.85. The van der Waals surface area contributed by atoms with Gasteiger partial charge in [-0.15, -0.1) is 0 Å². The van der Waals surface area contributed by atoms with Crippen LogP contribution in [0.5, 0.6) is 0 Å². The first-order chi connectivity index (χ1) is 16.1. The molecule has 0 fully saturated rings. The molecule has 1 unspecified atom stereocenters. The summed E-state index contributed by atoms with van der Waals surface area (Å²) in [5, 5.41) is 3.27. The van der Waals surface area contributed by atoms with Gasteiger partial charge in [0.2, 0.25) is 0 Å². The van der Waals surface area contributed by atoms with Gasteiger partial charge in [-0.2, -0.15) is 0 Å². The number of aryl methyl sites for hydroxylation is 3. The van der Waals surface area contributed by atoms with Crippen LogP contribution in [-0.2, 0) is 6.42 Å². The van der Waals surface area contributed by atoms with Crippen LogP contribution in [0.4, 0.5) is 0 Å². The molecule has 4 nitrogen and oxygen atoms in total. The Balaban J connectivity index is 1.30. The number of amides is 1. The minimum absolute atomic E-state index is 0.0133. The van der Waals surface area contributed by atoms with E-state index in [1.54, 1.807) is 11.3 Å². The van der Waals surface area contributed by atoms with Gasteiger partial charge in [-0.25, -0.2) is 4.98 Å². The van der Waals surface area contributed by atoms with Crippen molar-refractivity contribution < 1.29 is 4.79 Å². The average Bonchev–Trinajstić information content (AvgIpc) is 3.36. The van der Waals surface area contributed by atoms with Crippen molar-refractivity contribution in [1.82, 2.24) is 14.7 Å². The normalized spacial score (nSPS) is 15.6. The molecule has 1 amide bonds. The maximum atomic E-state index is 13.1. The molecule has 2 aromatic heterocycles. The summed E-state index contributed by atoms with van der Waals surface area (Å²) in [6, 6.07) is 21.0. The number of hydrogen-bond donors (Lipinski definition) is 1. The maximum Gasteiger partial charge on any atom is 0.251 e. The highest BCUT2D eigenvalue weighted by atomic mass is 32.1. The Morgan fingerprint density at radius 2 is 1.97 bits per heavy atom. The fraction of sp³-hybridized carbons (Fsp3) is 0.214. The van der Waals surface area contributed by atoms with Gasteiger partial charge in [-0.1, -0.05) is 59.4 Å². The molecule has 0 spiro atoms. The first-order valence-corrected chi connectivity index (χ1v) is 12.3. The van der Waals surface area contributed by atoms with Gasteiger partial charge in [0, 0.05) is 17.3 Å². The zero-order chi connectivity index (χ0) is 22.5. The molecule has 164 valence electrons. The number of aromatic nitrogens is 2. The van der Waals surface area contributed by atoms with Crippen molar-refractivity contribution in [2.75, 3.05) is 0 Å². The summed E-state index contributed by atoms with van der Waals surface area (Å²) >= 11 is 1.62. The highest BCUT2D eigenvalue weighted by Crippen LogP contribution is 2.33. The molecular weight excluding hydrogens is 426 g/mol. The third-order valence-electron chi connectivity index (χ3n) is 6.69. The van der Waals surface area contributed by atoms with Crippen LogP contribution >= 0.6 is 11.3 Å². The van der Waals surface area contributed by atoms with E-state index >= 15 is 0 Å². The summed E-state index contributed by atoms with van der Waals surface area (Å²) in [5.41, 5.74) is 9.02. The van der Waals surface area contributed by atoms with E-state index in [-0.39, 0.29) is 11.9 Å². The van der Waals surface area contributed by atoms with Gasteiger partial charge in [0.15, 0.2) is 4.96 Å². The molecule has 5 aromatic rings. The summed E-state index contributed by atoms with van der Waals surface area (Å²) in [6.45, 7) is 4.24. The van der Waals surface area contributed by atoms with Crippen LogP contribution in [0, 0.1) is 13.8 Å². The lowest BCUT2D eigenvalue weighted by atomic mass is 9.87. The standard InChI is InChI=1S/C28H25N3OS/c1-17-10-12-21(18(2)14-17)24-16-31-25-13-11-20(15-26(25)33-28(31)30-24)27(32)29-23-9-5-7-19-6-3-4-8-22(19)23/h3-4,6,8,10-16,23H,5,7,9H2,1-2H3,(H,29,32). The van der Waals surface area contributed by atoms with Crippen LogP contribution in [0.1, 0.15) is 51.5 Å². The molecule has 0 saturated carbocycles. The lowest BCUT2D eigenvalue weighted by molar-refractivity contribution is 0.0933. The number of rotatable bonds is 3. The molecule has 0 aliphatic heterocycles. The molecule has 0 saturated heterocycles. The van der Waals surface area contributed by atoms with E-state index in [2.05, 4.69) is 72.2 Å². The van der Waals surface area contributed by atoms with Crippen molar-refractivity contribution >= 4 is 32.4 Å². The first kappa shape index (κ1) is 20.2. The second-order valence-corrected chi connectivity index (χ2v) is 10.0. The third-order valence-corrected chi connectivity index (χ3v) is 7.71. The number of carbonyl (C=O) groups excluding carboxylic acids is 1. The summed E-state index contributed by atoms with van der Waals surface area (Å²) in [6.07, 6.45) is 5.28. The molecule has 1 aliphatic carbocycles. The second-order valence-electron chi connectivity index (χ2n) is 9.00. The van der Waals surface area contributed by atoms with Crippen molar-refractivity contribution in [3.63, 3.8) is 0 Å². The van der Waals surface area contributed by atoms with Gasteiger partial charge in [0.05, 0.1) is 22.0 Å². The van der Waals surface area contributed by atoms with Crippen LogP contribution in [-0.4, -0.2) is 15.3 Å². The molecule has 0 bridgehead atoms. The van der Waals surface area contributed by atoms with E-state index in [0.717, 1.165) is 45.7 Å². The van der Waals surface area contributed by atoms with E-state index in [1.807, 2.05) is 18.2 Å². The van der Waals surface area contributed by atoms with Gasteiger partial charge < -0.3 is 5.32 Å². The number of fused-ring (bicyclic) bond motifs is 4. The summed E-state index contributed by atoms with van der Waals surface area (Å²) in [7, 11) is 0. The van der Waals surface area contributed by atoms with Crippen molar-refractivity contribution in [2.45, 2.75) is 39.2 Å². The van der Waals surface area contributed by atoms with Crippen molar-refractivity contribution in [3.8, 4) is 11.3 Å². The van der Waals surface area contributed by atoms with Crippen molar-refractivity contribution in [3.05, 3.63) is 94.7 Å². The smallest absolute Gasteiger partial charge is 0.251 e. The number of carbonyl (C=O) groups is 1. The van der Waals surface area contributed by atoms with E-state index in [0.29, 0.717) is 5.56 Å². The predicted molar refractivity (Wildman–Crippen MR) is 135 cm³/mol. The molecule has 0 radical (unpaired) electrons. The van der Waals surface area contributed by atoms with Gasteiger partial charge >= 0.3 is 0 Å². The molecule has 6 rings (SSSR count). The molecule has 1 N–H and O–H groups in total. The Morgan fingerprint density at radius 3 is 2.85 bits per heavy atom. The Bertz CT molecular complexity index is 1530. The zero-order valence-corrected chi connectivity index (χ0v) is 19.6. The quantitative estimate of drug-likeness (QED) is 0.334. The van der Waals surface area contributed by atoms with E-state index < -0.39 is 0 Å². The largest absolute Gasteiger partial charge is 0.345 e. The Hall–Kier alpha value is -3.44. The van der Waals surface area contributed by atoms with E-state index in [4.69, 9.17) is 4.98 Å². The highest BCUT2D eigenvalue weighted by Gasteiger charge is 2.22. The molecule has 5 heteroatoms. The summed E-state index contributed by atoms with van der Waals surface area (Å²) in [5.74, 6) is -0.0133. The average molecular weight is 452 g/mol. The Kier molecular flexibility index (Phi) is 4.80. The fourth-order valence-corrected chi connectivity index (χ4v) is 6.07. The number of nitrogens with one attached hydrogen (secondary N) is 1. The highest BCUT2D eigenvalue weighted by molar-refractivity contribution is 7.23. The zero-order valence-electron chi connectivity index (χ0n) is 18.8. The van der Waals surface area contributed by atoms with Gasteiger partial charge in [-0.05, 0) is 68.0 Å². The van der Waals surface area contributed by atoms with E-state index in [9.17, 15) is 4.79 Å². The van der Waals surface area contributed by atoms with Gasteiger partial charge in [0.25, 0.3) is 5.91 Å². The maximum absolute atomic E-state index is 13.1. The number of imidazole rings is 1. The fourth-order valence-electron chi connectivity index (χ4n) is 5.02. The van der Waals surface area contributed by atoms with Crippen LogP contribution in [0.25, 0.3) is 26.4 Å². The van der Waals surface area contributed by atoms with Crippen LogP contribution < -0.4 is 5.32 Å².